The Bertz CT molecular complexity index is 1370. The van der Waals surface area contributed by atoms with Crippen molar-refractivity contribution in [2.75, 3.05) is 11.5 Å². The van der Waals surface area contributed by atoms with E-state index in [-0.39, 0.29) is 11.5 Å². The summed E-state index contributed by atoms with van der Waals surface area (Å²) in [7, 11) is 0. The molecule has 160 valence electrons. The Labute approximate surface area is 184 Å². The molecule has 0 bridgehead atoms. The van der Waals surface area contributed by atoms with Crippen molar-refractivity contribution in [3.05, 3.63) is 54.4 Å². The summed E-state index contributed by atoms with van der Waals surface area (Å²) in [6, 6.07) is 10.8. The van der Waals surface area contributed by atoms with Gasteiger partial charge in [0.05, 0.1) is 16.6 Å². The first-order valence-electron chi connectivity index (χ1n) is 9.89. The van der Waals surface area contributed by atoms with E-state index in [1.807, 2.05) is 18.2 Å². The molecule has 1 amide bonds. The lowest BCUT2D eigenvalue weighted by Gasteiger charge is -2.25. The highest BCUT2D eigenvalue weighted by atomic mass is 16.1. The molecule has 2 aromatic carbocycles. The molecule has 0 fully saturated rings. The summed E-state index contributed by atoms with van der Waals surface area (Å²) in [5.74, 6) is 0.266. The first-order valence-corrected chi connectivity index (χ1v) is 9.89. The number of nitrogens with zero attached hydrogens (tertiary/aromatic N) is 5. The molecule has 2 aromatic heterocycles. The molecule has 32 heavy (non-hydrogen) atoms. The minimum Gasteiger partial charge on any atom is -0.399 e. The number of hydrogen-bond acceptors (Lipinski definition) is 7. The van der Waals surface area contributed by atoms with E-state index in [1.54, 1.807) is 36.8 Å². The van der Waals surface area contributed by atoms with Crippen LogP contribution in [-0.2, 0) is 5.54 Å². The van der Waals surface area contributed by atoms with Crippen LogP contribution in [0.4, 0.5) is 11.6 Å². The number of hydrogen-bond donors (Lipinski definition) is 3. The summed E-state index contributed by atoms with van der Waals surface area (Å²) < 4.78 is 2.06. The molecular formula is C23H22N8O. The molecule has 4 aromatic rings. The van der Waals surface area contributed by atoms with Gasteiger partial charge in [0.1, 0.15) is 5.82 Å². The Morgan fingerprint density at radius 3 is 2.44 bits per heavy atom. The van der Waals surface area contributed by atoms with Crippen LogP contribution in [0.5, 0.6) is 0 Å². The summed E-state index contributed by atoms with van der Waals surface area (Å²) in [6.45, 7) is 6.17. The van der Waals surface area contributed by atoms with Crippen LogP contribution in [0.15, 0.2) is 48.8 Å². The number of nitriles is 1. The van der Waals surface area contributed by atoms with E-state index in [4.69, 9.17) is 21.7 Å². The molecule has 4 rings (SSSR count). The zero-order valence-electron chi connectivity index (χ0n) is 17.9. The standard InChI is InChI=1S/C23H22N8O/c1-23(2,3)31-19-7-4-13(14-10-27-22(26)28-11-14)8-18(19)30-20(31)17-9-15(25)5-6-16(17)21(32)29-12-24/h4-11H,25H2,1-3H3,(H,29,32)(H2,26,27,28). The topological polar surface area (TPSA) is 149 Å². The van der Waals surface area contributed by atoms with E-state index >= 15 is 0 Å². The van der Waals surface area contributed by atoms with Crippen molar-refractivity contribution in [1.29, 1.82) is 5.26 Å². The monoisotopic (exact) mass is 426 g/mol. The van der Waals surface area contributed by atoms with Crippen LogP contribution in [0.3, 0.4) is 0 Å². The number of rotatable bonds is 3. The Morgan fingerprint density at radius 2 is 1.78 bits per heavy atom. The van der Waals surface area contributed by atoms with E-state index in [1.165, 1.54) is 0 Å². The van der Waals surface area contributed by atoms with Crippen molar-refractivity contribution in [3.63, 3.8) is 0 Å². The minimum atomic E-state index is -0.519. The first kappa shape index (κ1) is 20.8. The Balaban J connectivity index is 1.98. The van der Waals surface area contributed by atoms with E-state index in [0.717, 1.165) is 22.2 Å². The summed E-state index contributed by atoms with van der Waals surface area (Å²) in [6.07, 6.45) is 5.00. The molecule has 0 unspecified atom stereocenters. The fourth-order valence-electron chi connectivity index (χ4n) is 3.67. The number of nitrogens with one attached hydrogen (secondary N) is 1. The van der Waals surface area contributed by atoms with E-state index in [2.05, 4.69) is 40.6 Å². The fraction of sp³-hybridized carbons (Fsp3) is 0.174. The Kier molecular flexibility index (Phi) is 4.98. The predicted octanol–water partition coefficient (Wildman–Crippen LogP) is 3.29. The highest BCUT2D eigenvalue weighted by Gasteiger charge is 2.26. The molecule has 9 nitrogen and oxygen atoms in total. The summed E-state index contributed by atoms with van der Waals surface area (Å²) in [5, 5.41) is 11.1. The van der Waals surface area contributed by atoms with Gasteiger partial charge >= 0.3 is 0 Å². The number of nitrogens with two attached hydrogens (primary N) is 2. The summed E-state index contributed by atoms with van der Waals surface area (Å²) >= 11 is 0. The maximum Gasteiger partial charge on any atom is 0.265 e. The van der Waals surface area contributed by atoms with E-state index in [0.29, 0.717) is 22.6 Å². The number of carbonyl (C=O) groups excluding carboxylic acids is 1. The number of imidazole rings is 1. The zero-order chi connectivity index (χ0) is 23.0. The van der Waals surface area contributed by atoms with Crippen molar-refractivity contribution in [2.45, 2.75) is 26.3 Å². The average molecular weight is 426 g/mol. The second-order valence-electron chi connectivity index (χ2n) is 8.35. The quantitative estimate of drug-likeness (QED) is 0.258. The summed E-state index contributed by atoms with van der Waals surface area (Å²) in [4.78, 5) is 25.6. The molecule has 0 saturated heterocycles. The number of aromatic nitrogens is 4. The third kappa shape index (κ3) is 3.70. The lowest BCUT2D eigenvalue weighted by atomic mass is 10.0. The molecule has 0 radical (unpaired) electrons. The summed E-state index contributed by atoms with van der Waals surface area (Å²) in [5.41, 5.74) is 16.0. The van der Waals surface area contributed by atoms with Gasteiger partial charge < -0.3 is 16.0 Å². The van der Waals surface area contributed by atoms with Gasteiger partial charge in [-0.05, 0) is 56.7 Å². The third-order valence-corrected chi connectivity index (χ3v) is 5.03. The van der Waals surface area contributed by atoms with E-state index in [9.17, 15) is 4.79 Å². The number of fused-ring (bicyclic) bond motifs is 1. The van der Waals surface area contributed by atoms with Gasteiger partial charge in [-0.15, -0.1) is 0 Å². The van der Waals surface area contributed by atoms with Gasteiger partial charge in [-0.3, -0.25) is 10.1 Å². The number of carbonyl (C=O) groups is 1. The minimum absolute atomic E-state index is 0.207. The van der Waals surface area contributed by atoms with Crippen LogP contribution in [0.25, 0.3) is 33.5 Å². The van der Waals surface area contributed by atoms with Gasteiger partial charge in [-0.1, -0.05) is 6.07 Å². The lowest BCUT2D eigenvalue weighted by Crippen LogP contribution is -2.24. The predicted molar refractivity (Wildman–Crippen MR) is 123 cm³/mol. The number of benzene rings is 2. The van der Waals surface area contributed by atoms with Gasteiger partial charge in [0.2, 0.25) is 5.95 Å². The fourth-order valence-corrected chi connectivity index (χ4v) is 3.67. The molecule has 0 aliphatic heterocycles. The molecule has 2 heterocycles. The zero-order valence-corrected chi connectivity index (χ0v) is 17.9. The smallest absolute Gasteiger partial charge is 0.265 e. The second-order valence-corrected chi connectivity index (χ2v) is 8.35. The van der Waals surface area contributed by atoms with Gasteiger partial charge in [0.15, 0.2) is 6.19 Å². The number of nitrogen functional groups attached to an aromatic ring is 2. The molecule has 0 atom stereocenters. The lowest BCUT2D eigenvalue weighted by molar-refractivity contribution is 0.0973. The second kappa shape index (κ2) is 7.67. The van der Waals surface area contributed by atoms with E-state index < -0.39 is 5.91 Å². The normalized spacial score (nSPS) is 11.3. The van der Waals surface area contributed by atoms with Crippen molar-refractivity contribution in [3.8, 4) is 28.7 Å². The Hall–Kier alpha value is -4.45. The molecule has 0 aliphatic carbocycles. The number of amides is 1. The molecule has 0 aliphatic rings. The van der Waals surface area contributed by atoms with Crippen molar-refractivity contribution in [1.82, 2.24) is 24.8 Å². The molecule has 9 heteroatoms. The van der Waals surface area contributed by atoms with Crippen LogP contribution in [0, 0.1) is 11.5 Å². The maximum atomic E-state index is 12.6. The maximum absolute atomic E-state index is 12.6. The van der Waals surface area contributed by atoms with Crippen LogP contribution < -0.4 is 16.8 Å². The highest BCUT2D eigenvalue weighted by molar-refractivity contribution is 6.02. The van der Waals surface area contributed by atoms with Crippen LogP contribution in [-0.4, -0.2) is 25.4 Å². The van der Waals surface area contributed by atoms with Gasteiger partial charge in [0.25, 0.3) is 5.91 Å². The highest BCUT2D eigenvalue weighted by Crippen LogP contribution is 2.35. The van der Waals surface area contributed by atoms with Gasteiger partial charge in [0, 0.05) is 34.7 Å². The van der Waals surface area contributed by atoms with Crippen LogP contribution in [0.1, 0.15) is 31.1 Å². The third-order valence-electron chi connectivity index (χ3n) is 5.03. The van der Waals surface area contributed by atoms with Crippen LogP contribution >= 0.6 is 0 Å². The number of anilines is 2. The van der Waals surface area contributed by atoms with Gasteiger partial charge in [-0.25, -0.2) is 15.0 Å². The first-order chi connectivity index (χ1) is 15.2. The van der Waals surface area contributed by atoms with Crippen molar-refractivity contribution in [2.24, 2.45) is 0 Å². The molecule has 0 saturated carbocycles. The van der Waals surface area contributed by atoms with Crippen LogP contribution in [0.2, 0.25) is 0 Å². The Morgan fingerprint density at radius 1 is 1.06 bits per heavy atom. The average Bonchev–Trinajstić information content (AvgIpc) is 3.13. The SMILES string of the molecule is CC(C)(C)n1c(-c2cc(N)ccc2C(=O)NC#N)nc2cc(-c3cnc(N)nc3)ccc21. The van der Waals surface area contributed by atoms with Crippen molar-refractivity contribution >= 4 is 28.6 Å². The largest absolute Gasteiger partial charge is 0.399 e. The van der Waals surface area contributed by atoms with Crippen molar-refractivity contribution < 1.29 is 4.79 Å². The molecule has 0 spiro atoms. The molecule has 5 N–H and O–H groups in total. The molecular weight excluding hydrogens is 404 g/mol. The van der Waals surface area contributed by atoms with Gasteiger partial charge in [-0.2, -0.15) is 5.26 Å².